The van der Waals surface area contributed by atoms with Crippen LogP contribution >= 0.6 is 0 Å². The quantitative estimate of drug-likeness (QED) is 0.290. The lowest BCUT2D eigenvalue weighted by Gasteiger charge is -2.14. The summed E-state index contributed by atoms with van der Waals surface area (Å²) in [5, 5.41) is 2.61. The van der Waals surface area contributed by atoms with Crippen LogP contribution < -0.4 is 25.0 Å². The van der Waals surface area contributed by atoms with E-state index in [9.17, 15) is 9.59 Å². The largest absolute Gasteiger partial charge is 0.491 e. The van der Waals surface area contributed by atoms with Crippen molar-refractivity contribution in [3.8, 4) is 34.3 Å². The zero-order valence-corrected chi connectivity index (χ0v) is 22.2. The molecule has 5 rings (SSSR count). The van der Waals surface area contributed by atoms with Crippen LogP contribution in [0, 0.1) is 12.7 Å². The second-order valence-corrected chi connectivity index (χ2v) is 8.89. The van der Waals surface area contributed by atoms with Crippen molar-refractivity contribution >= 4 is 22.6 Å². The lowest BCUT2D eigenvalue weighted by molar-refractivity contribution is 0.102. The molecule has 0 spiro atoms. The van der Waals surface area contributed by atoms with Gasteiger partial charge in [-0.3, -0.25) is 14.6 Å². The maximum Gasteiger partial charge on any atom is 0.261 e. The van der Waals surface area contributed by atoms with Crippen molar-refractivity contribution in [1.29, 1.82) is 0 Å². The number of nitrogens with zero attached hydrogens (tertiary/aromatic N) is 3. The van der Waals surface area contributed by atoms with Crippen LogP contribution in [0.1, 0.15) is 16.1 Å². The molecule has 0 bridgehead atoms. The van der Waals surface area contributed by atoms with Gasteiger partial charge in [-0.1, -0.05) is 30.3 Å². The Kier molecular flexibility index (Phi) is 7.15. The number of nitrogens with one attached hydrogen (secondary N) is 1. The van der Waals surface area contributed by atoms with Crippen LogP contribution in [0.15, 0.2) is 77.9 Å². The fraction of sp³-hybridized carbons (Fsp3) is 0.133. The van der Waals surface area contributed by atoms with Crippen LogP contribution in [-0.2, 0) is 7.05 Å². The maximum atomic E-state index is 15.1. The van der Waals surface area contributed by atoms with Crippen LogP contribution in [0.2, 0.25) is 0 Å². The molecule has 0 unspecified atom stereocenters. The predicted molar refractivity (Wildman–Crippen MR) is 149 cm³/mol. The summed E-state index contributed by atoms with van der Waals surface area (Å²) in [6, 6.07) is 16.3. The molecule has 1 amide bonds. The fourth-order valence-electron chi connectivity index (χ4n) is 4.30. The van der Waals surface area contributed by atoms with Gasteiger partial charge in [0.05, 0.1) is 19.7 Å². The summed E-state index contributed by atoms with van der Waals surface area (Å²) in [5.41, 5.74) is 2.35. The second-order valence-electron chi connectivity index (χ2n) is 8.89. The molecule has 0 saturated heterocycles. The lowest BCUT2D eigenvalue weighted by Crippen LogP contribution is -2.25. The zero-order valence-electron chi connectivity index (χ0n) is 22.2. The van der Waals surface area contributed by atoms with Gasteiger partial charge in [0.1, 0.15) is 11.1 Å². The minimum atomic E-state index is -0.731. The van der Waals surface area contributed by atoms with Crippen LogP contribution in [0.5, 0.6) is 23.1 Å². The number of anilines is 1. The summed E-state index contributed by atoms with van der Waals surface area (Å²) in [5.74, 6) is -0.617. The molecule has 0 atom stereocenters. The number of hydrogen-bond donors (Lipinski definition) is 1. The standard InChI is InChI=1S/C30H25FN4O5/c1-17-26(18-8-6-5-7-9-18)28(36)20(16-35(17)2)29(37)33-19-10-11-23(21(31)14-19)40-24-12-13-32-22-15-25(38-3)30(39-4)34-27(22)24/h5-16H,1-4H3,(H,33,37). The molecule has 5 aromatic rings. The van der Waals surface area contributed by atoms with E-state index in [1.807, 2.05) is 37.3 Å². The lowest BCUT2D eigenvalue weighted by atomic mass is 10.0. The van der Waals surface area contributed by atoms with Gasteiger partial charge in [-0.05, 0) is 24.6 Å². The highest BCUT2D eigenvalue weighted by atomic mass is 19.1. The van der Waals surface area contributed by atoms with E-state index in [1.165, 1.54) is 38.7 Å². The summed E-state index contributed by atoms with van der Waals surface area (Å²) in [4.78, 5) is 35.1. The van der Waals surface area contributed by atoms with Crippen molar-refractivity contribution in [2.24, 2.45) is 7.05 Å². The van der Waals surface area contributed by atoms with Gasteiger partial charge in [0, 0.05) is 54.6 Å². The molecular weight excluding hydrogens is 515 g/mol. The average Bonchev–Trinajstić information content (AvgIpc) is 2.96. The molecule has 0 saturated carbocycles. The van der Waals surface area contributed by atoms with E-state index < -0.39 is 17.2 Å². The number of benzene rings is 2. The fourth-order valence-corrected chi connectivity index (χ4v) is 4.30. The number of fused-ring (bicyclic) bond motifs is 1. The molecule has 9 nitrogen and oxygen atoms in total. The summed E-state index contributed by atoms with van der Waals surface area (Å²) in [7, 11) is 4.70. The first-order chi connectivity index (χ1) is 19.3. The Morgan fingerprint density at radius 3 is 2.45 bits per heavy atom. The van der Waals surface area contributed by atoms with Gasteiger partial charge >= 0.3 is 0 Å². The number of rotatable bonds is 7. The summed E-state index contributed by atoms with van der Waals surface area (Å²) < 4.78 is 33.2. The van der Waals surface area contributed by atoms with E-state index >= 15 is 4.39 Å². The van der Waals surface area contributed by atoms with E-state index in [1.54, 1.807) is 23.7 Å². The van der Waals surface area contributed by atoms with Gasteiger partial charge in [-0.2, -0.15) is 0 Å². The molecule has 0 aliphatic heterocycles. The molecule has 0 aliphatic rings. The molecule has 3 heterocycles. The van der Waals surface area contributed by atoms with Crippen LogP contribution in [0.25, 0.3) is 22.2 Å². The summed E-state index contributed by atoms with van der Waals surface area (Å²) in [6.45, 7) is 1.81. The number of carbonyl (C=O) groups is 1. The van der Waals surface area contributed by atoms with E-state index in [-0.39, 0.29) is 28.6 Å². The Hall–Kier alpha value is -5.25. The van der Waals surface area contributed by atoms with Crippen molar-refractivity contribution in [2.45, 2.75) is 6.92 Å². The monoisotopic (exact) mass is 540 g/mol. The third kappa shape index (κ3) is 4.94. The van der Waals surface area contributed by atoms with E-state index in [2.05, 4.69) is 15.3 Å². The number of aromatic nitrogens is 3. The third-order valence-electron chi connectivity index (χ3n) is 6.42. The number of pyridine rings is 3. The molecule has 10 heteroatoms. The highest BCUT2D eigenvalue weighted by Crippen LogP contribution is 2.35. The number of aryl methyl sites for hydroxylation is 1. The molecule has 0 aliphatic carbocycles. The highest BCUT2D eigenvalue weighted by molar-refractivity contribution is 6.04. The van der Waals surface area contributed by atoms with Crippen molar-refractivity contribution in [3.63, 3.8) is 0 Å². The van der Waals surface area contributed by atoms with E-state index in [4.69, 9.17) is 14.2 Å². The van der Waals surface area contributed by atoms with Crippen LogP contribution in [0.3, 0.4) is 0 Å². The molecule has 1 N–H and O–H groups in total. The SMILES string of the molecule is COc1cc2nccc(Oc3ccc(NC(=O)c4cn(C)c(C)c(-c5ccccc5)c4=O)cc3F)c2nc1OC. The number of amides is 1. The van der Waals surface area contributed by atoms with Gasteiger partial charge in [0.25, 0.3) is 11.8 Å². The van der Waals surface area contributed by atoms with Crippen LogP contribution in [0.4, 0.5) is 10.1 Å². The maximum absolute atomic E-state index is 15.1. The first-order valence-electron chi connectivity index (χ1n) is 12.2. The number of carbonyl (C=O) groups excluding carboxylic acids is 1. The first-order valence-corrected chi connectivity index (χ1v) is 12.2. The van der Waals surface area contributed by atoms with Gasteiger partial charge < -0.3 is 24.1 Å². The van der Waals surface area contributed by atoms with Crippen molar-refractivity contribution in [2.75, 3.05) is 19.5 Å². The number of hydrogen-bond acceptors (Lipinski definition) is 7. The smallest absolute Gasteiger partial charge is 0.261 e. The molecule has 2 aromatic carbocycles. The number of ether oxygens (including phenoxy) is 3. The molecule has 0 fully saturated rings. The Morgan fingerprint density at radius 2 is 1.75 bits per heavy atom. The minimum Gasteiger partial charge on any atom is -0.491 e. The molecule has 0 radical (unpaired) electrons. The third-order valence-corrected chi connectivity index (χ3v) is 6.42. The van der Waals surface area contributed by atoms with Crippen LogP contribution in [-0.4, -0.2) is 34.7 Å². The number of methoxy groups -OCH3 is 2. The van der Waals surface area contributed by atoms with Gasteiger partial charge in [-0.15, -0.1) is 0 Å². The van der Waals surface area contributed by atoms with Gasteiger partial charge in [-0.25, -0.2) is 9.37 Å². The summed E-state index contributed by atoms with van der Waals surface area (Å²) >= 11 is 0. The average molecular weight is 541 g/mol. The minimum absolute atomic E-state index is 0.0635. The Balaban J connectivity index is 1.42. The Bertz CT molecular complexity index is 1800. The predicted octanol–water partition coefficient (Wildman–Crippen LogP) is 5.50. The molecule has 40 heavy (non-hydrogen) atoms. The normalized spacial score (nSPS) is 10.8. The molecule has 3 aromatic heterocycles. The Labute approximate surface area is 228 Å². The first kappa shape index (κ1) is 26.4. The highest BCUT2D eigenvalue weighted by Gasteiger charge is 2.20. The molecular formula is C30H25FN4O5. The second kappa shape index (κ2) is 10.9. The molecule has 202 valence electrons. The van der Waals surface area contributed by atoms with E-state index in [0.717, 1.165) is 11.8 Å². The van der Waals surface area contributed by atoms with E-state index in [0.29, 0.717) is 27.9 Å². The zero-order chi connectivity index (χ0) is 28.4. The van der Waals surface area contributed by atoms with Gasteiger partial charge in [0.2, 0.25) is 5.43 Å². The van der Waals surface area contributed by atoms with Crippen molar-refractivity contribution < 1.29 is 23.4 Å². The number of halogens is 1. The van der Waals surface area contributed by atoms with Crippen molar-refractivity contribution in [1.82, 2.24) is 14.5 Å². The summed E-state index contributed by atoms with van der Waals surface area (Å²) in [6.07, 6.45) is 2.97. The van der Waals surface area contributed by atoms with Crippen molar-refractivity contribution in [3.05, 3.63) is 100 Å². The topological polar surface area (TPSA) is 105 Å². The Morgan fingerprint density at radius 1 is 0.975 bits per heavy atom. The van der Waals surface area contributed by atoms with Gasteiger partial charge in [0.15, 0.2) is 23.1 Å².